The zero-order chi connectivity index (χ0) is 14.7. The minimum Gasteiger partial charge on any atom is -0.508 e. The van der Waals surface area contributed by atoms with Crippen LogP contribution in [-0.2, 0) is 16.0 Å². The molecule has 0 saturated heterocycles. The molecule has 1 atom stereocenters. The topological polar surface area (TPSA) is 86.6 Å². The maximum absolute atomic E-state index is 11.1. The summed E-state index contributed by atoms with van der Waals surface area (Å²) < 4.78 is 0. The number of nitrogens with one attached hydrogen (secondary N) is 1. The van der Waals surface area contributed by atoms with Crippen LogP contribution >= 0.6 is 0 Å². The van der Waals surface area contributed by atoms with Crippen LogP contribution in [0.15, 0.2) is 36.4 Å². The molecule has 5 heteroatoms. The van der Waals surface area contributed by atoms with Gasteiger partial charge in [0.2, 0.25) is 5.91 Å². The monoisotopic (exact) mass is 273 g/mol. The highest BCUT2D eigenvalue weighted by Gasteiger charge is 2.18. The minimum atomic E-state index is -1.06. The Bertz CT molecular complexity index is 666. The van der Waals surface area contributed by atoms with Crippen LogP contribution in [0.25, 0.3) is 10.8 Å². The molecule has 0 saturated carbocycles. The summed E-state index contributed by atoms with van der Waals surface area (Å²) in [5.74, 6) is -1.25. The van der Waals surface area contributed by atoms with E-state index >= 15 is 0 Å². The third-order valence-electron chi connectivity index (χ3n) is 3.00. The van der Waals surface area contributed by atoms with Crippen molar-refractivity contribution < 1.29 is 19.8 Å². The molecule has 0 spiro atoms. The molecule has 2 rings (SSSR count). The van der Waals surface area contributed by atoms with Crippen molar-refractivity contribution in [1.29, 1.82) is 0 Å². The second-order valence-corrected chi connectivity index (χ2v) is 4.66. The van der Waals surface area contributed by atoms with Crippen molar-refractivity contribution in [1.82, 2.24) is 5.32 Å². The number of carbonyl (C=O) groups excluding carboxylic acids is 1. The Hall–Kier alpha value is -2.56. The van der Waals surface area contributed by atoms with Crippen LogP contribution in [0.1, 0.15) is 12.5 Å². The van der Waals surface area contributed by atoms with Gasteiger partial charge in [-0.25, -0.2) is 4.79 Å². The Morgan fingerprint density at radius 2 is 1.80 bits per heavy atom. The molecule has 5 nitrogen and oxygen atoms in total. The van der Waals surface area contributed by atoms with Crippen molar-refractivity contribution in [2.75, 3.05) is 0 Å². The van der Waals surface area contributed by atoms with Gasteiger partial charge in [-0.1, -0.05) is 24.3 Å². The van der Waals surface area contributed by atoms with E-state index in [9.17, 15) is 14.7 Å². The molecule has 1 amide bonds. The second kappa shape index (κ2) is 5.61. The molecule has 0 aliphatic carbocycles. The maximum Gasteiger partial charge on any atom is 0.326 e. The van der Waals surface area contributed by atoms with Crippen molar-refractivity contribution in [2.24, 2.45) is 0 Å². The molecule has 0 aliphatic rings. The number of carboxylic acid groups (broad SMARTS) is 1. The summed E-state index contributed by atoms with van der Waals surface area (Å²) in [7, 11) is 0. The first-order valence-corrected chi connectivity index (χ1v) is 6.17. The van der Waals surface area contributed by atoms with Gasteiger partial charge in [0.15, 0.2) is 0 Å². The van der Waals surface area contributed by atoms with Crippen molar-refractivity contribution in [2.45, 2.75) is 19.4 Å². The van der Waals surface area contributed by atoms with Crippen LogP contribution in [0, 0.1) is 0 Å². The van der Waals surface area contributed by atoms with Gasteiger partial charge < -0.3 is 15.5 Å². The zero-order valence-electron chi connectivity index (χ0n) is 11.0. The fraction of sp³-hybridized carbons (Fsp3) is 0.200. The fourth-order valence-corrected chi connectivity index (χ4v) is 2.09. The normalized spacial score (nSPS) is 12.1. The van der Waals surface area contributed by atoms with Crippen LogP contribution in [0.5, 0.6) is 5.75 Å². The van der Waals surface area contributed by atoms with E-state index in [0.29, 0.717) is 0 Å². The van der Waals surface area contributed by atoms with Crippen LogP contribution in [0.3, 0.4) is 0 Å². The lowest BCUT2D eigenvalue weighted by molar-refractivity contribution is -0.141. The van der Waals surface area contributed by atoms with Crippen LogP contribution in [0.2, 0.25) is 0 Å². The number of hydrogen-bond donors (Lipinski definition) is 3. The Balaban J connectivity index is 2.26. The van der Waals surface area contributed by atoms with E-state index in [0.717, 1.165) is 16.3 Å². The van der Waals surface area contributed by atoms with E-state index in [-0.39, 0.29) is 18.1 Å². The van der Waals surface area contributed by atoms with Crippen LogP contribution < -0.4 is 5.32 Å². The van der Waals surface area contributed by atoms with Gasteiger partial charge in [0.25, 0.3) is 0 Å². The maximum atomic E-state index is 11.1. The fourth-order valence-electron chi connectivity index (χ4n) is 2.09. The number of aliphatic carboxylic acids is 1. The molecule has 0 aromatic heterocycles. The smallest absolute Gasteiger partial charge is 0.326 e. The van der Waals surface area contributed by atoms with Gasteiger partial charge in [-0.05, 0) is 28.5 Å². The molecule has 0 heterocycles. The van der Waals surface area contributed by atoms with E-state index in [4.69, 9.17) is 5.11 Å². The number of amides is 1. The first-order chi connectivity index (χ1) is 9.45. The number of rotatable bonds is 4. The van der Waals surface area contributed by atoms with E-state index in [1.807, 2.05) is 12.1 Å². The lowest BCUT2D eigenvalue weighted by Gasteiger charge is -2.13. The zero-order valence-corrected chi connectivity index (χ0v) is 11.0. The van der Waals surface area contributed by atoms with Crippen LogP contribution in [-0.4, -0.2) is 28.1 Å². The minimum absolute atomic E-state index is 0.187. The Labute approximate surface area is 115 Å². The standard InChI is InChI=1S/C15H15NO4/c1-9(17)16-14(15(19)20)7-10-2-3-12-8-13(18)5-4-11(12)6-10/h2-6,8,14,18H,7H2,1H3,(H,16,17)(H,19,20). The molecule has 2 aromatic rings. The summed E-state index contributed by atoms with van der Waals surface area (Å²) in [6, 6.07) is 9.50. The van der Waals surface area contributed by atoms with E-state index in [2.05, 4.69) is 5.32 Å². The Morgan fingerprint density at radius 1 is 1.15 bits per heavy atom. The lowest BCUT2D eigenvalue weighted by Crippen LogP contribution is -2.41. The third-order valence-corrected chi connectivity index (χ3v) is 3.00. The number of fused-ring (bicyclic) bond motifs is 1. The van der Waals surface area contributed by atoms with Gasteiger partial charge in [-0.3, -0.25) is 4.79 Å². The molecule has 20 heavy (non-hydrogen) atoms. The number of hydrogen-bond acceptors (Lipinski definition) is 3. The molecule has 104 valence electrons. The van der Waals surface area contributed by atoms with E-state index in [1.165, 1.54) is 6.92 Å². The Kier molecular flexibility index (Phi) is 3.89. The molecule has 3 N–H and O–H groups in total. The number of carboxylic acids is 1. The third kappa shape index (κ3) is 3.26. The number of carbonyl (C=O) groups is 2. The highest BCUT2D eigenvalue weighted by molar-refractivity contribution is 5.85. The first-order valence-electron chi connectivity index (χ1n) is 6.17. The highest BCUT2D eigenvalue weighted by Crippen LogP contribution is 2.21. The van der Waals surface area contributed by atoms with Gasteiger partial charge in [0.1, 0.15) is 11.8 Å². The number of phenolic OH excluding ortho intramolecular Hbond substituents is 1. The molecule has 0 bridgehead atoms. The van der Waals surface area contributed by atoms with E-state index in [1.54, 1.807) is 24.3 Å². The van der Waals surface area contributed by atoms with Gasteiger partial charge in [0.05, 0.1) is 0 Å². The van der Waals surface area contributed by atoms with E-state index < -0.39 is 12.0 Å². The van der Waals surface area contributed by atoms with Gasteiger partial charge >= 0.3 is 5.97 Å². The summed E-state index contributed by atoms with van der Waals surface area (Å²) in [6.07, 6.45) is 0.214. The summed E-state index contributed by atoms with van der Waals surface area (Å²) in [6.45, 7) is 1.29. The van der Waals surface area contributed by atoms with Crippen LogP contribution in [0.4, 0.5) is 0 Å². The highest BCUT2D eigenvalue weighted by atomic mass is 16.4. The summed E-state index contributed by atoms with van der Waals surface area (Å²) in [5, 5.41) is 22.7. The molecule has 2 aromatic carbocycles. The van der Waals surface area contributed by atoms with Gasteiger partial charge in [0, 0.05) is 13.3 Å². The predicted octanol–water partition coefficient (Wildman–Crippen LogP) is 1.68. The number of phenols is 1. The largest absolute Gasteiger partial charge is 0.508 e. The summed E-state index contributed by atoms with van der Waals surface area (Å²) in [4.78, 5) is 22.1. The molecule has 0 radical (unpaired) electrons. The molecule has 0 fully saturated rings. The first kappa shape index (κ1) is 13.9. The Morgan fingerprint density at radius 3 is 2.45 bits per heavy atom. The average molecular weight is 273 g/mol. The van der Waals surface area contributed by atoms with Gasteiger partial charge in [-0.15, -0.1) is 0 Å². The van der Waals surface area contributed by atoms with Crippen molar-refractivity contribution in [3.8, 4) is 5.75 Å². The second-order valence-electron chi connectivity index (χ2n) is 4.66. The SMILES string of the molecule is CC(=O)NC(Cc1ccc2cc(O)ccc2c1)C(=O)O. The van der Waals surface area contributed by atoms with Crippen molar-refractivity contribution in [3.63, 3.8) is 0 Å². The molecule has 0 aliphatic heterocycles. The predicted molar refractivity (Wildman–Crippen MR) is 74.6 cm³/mol. The van der Waals surface area contributed by atoms with Crippen molar-refractivity contribution >= 4 is 22.6 Å². The van der Waals surface area contributed by atoms with Crippen molar-refractivity contribution in [3.05, 3.63) is 42.0 Å². The summed E-state index contributed by atoms with van der Waals surface area (Å²) >= 11 is 0. The average Bonchev–Trinajstić information content (AvgIpc) is 2.37. The number of aromatic hydroxyl groups is 1. The lowest BCUT2D eigenvalue weighted by atomic mass is 10.0. The molecular weight excluding hydrogens is 258 g/mol. The molecular formula is C15H15NO4. The quantitative estimate of drug-likeness (QED) is 0.791. The summed E-state index contributed by atoms with van der Waals surface area (Å²) in [5.41, 5.74) is 0.810. The van der Waals surface area contributed by atoms with Gasteiger partial charge in [-0.2, -0.15) is 0 Å². The number of benzene rings is 2. The molecule has 1 unspecified atom stereocenters.